The topological polar surface area (TPSA) is 80.2 Å². The van der Waals surface area contributed by atoms with Gasteiger partial charge in [-0.25, -0.2) is 9.37 Å². The molecule has 1 fully saturated rings. The Labute approximate surface area is 228 Å². The summed E-state index contributed by atoms with van der Waals surface area (Å²) < 4.78 is 101. The van der Waals surface area contributed by atoms with E-state index in [1.165, 1.54) is 17.0 Å². The molecule has 40 heavy (non-hydrogen) atoms. The molecule has 1 amide bonds. The molecule has 15 heteroatoms. The van der Waals surface area contributed by atoms with Gasteiger partial charge in [0, 0.05) is 41.7 Å². The molecule has 0 aliphatic carbocycles. The average Bonchev–Trinajstić information content (AvgIpc) is 3.23. The van der Waals surface area contributed by atoms with E-state index in [0.29, 0.717) is 36.2 Å². The van der Waals surface area contributed by atoms with E-state index in [1.54, 1.807) is 6.92 Å². The molecule has 216 valence electrons. The molecule has 0 spiro atoms. The SMILES string of the molecule is Cc1nsc(Cc2cnc(C(F)(F)F)cn2)c1C(=O)Nc1ccc(F)c(OC[C@H]2CCCN(CC(F)(F)F)C2)c1. The molecule has 1 aliphatic heterocycles. The van der Waals surface area contributed by atoms with Crippen LogP contribution in [0.4, 0.5) is 36.4 Å². The molecule has 2 aromatic heterocycles. The van der Waals surface area contributed by atoms with Crippen LogP contribution in [0.1, 0.15) is 45.2 Å². The average molecular weight is 592 g/mol. The van der Waals surface area contributed by atoms with Crippen molar-refractivity contribution in [2.24, 2.45) is 5.92 Å². The molecule has 0 radical (unpaired) electrons. The van der Waals surface area contributed by atoms with Crippen LogP contribution in [0.3, 0.4) is 0 Å². The van der Waals surface area contributed by atoms with Crippen LogP contribution in [0.2, 0.25) is 0 Å². The number of ether oxygens (including phenoxy) is 1. The number of nitrogens with one attached hydrogen (secondary N) is 1. The number of hydrogen-bond donors (Lipinski definition) is 1. The molecule has 1 aromatic carbocycles. The standard InChI is InChI=1S/C25H24F7N5O2S/c1-14-22(20(40-36-14)8-17-9-34-21(10-33-17)25(30,31)32)23(38)35-16-4-5-18(26)19(7-16)39-12-15-3-2-6-37(11-15)13-24(27,28)29/h4-5,7,9-10,15H,2-3,6,8,11-13H2,1H3,(H,35,38)/t15-/m0/s1. The van der Waals surface area contributed by atoms with Gasteiger partial charge in [0.05, 0.1) is 36.3 Å². The number of amides is 1. The maximum Gasteiger partial charge on any atom is 0.434 e. The smallest absolute Gasteiger partial charge is 0.434 e. The number of halogens is 7. The van der Waals surface area contributed by atoms with E-state index in [0.717, 1.165) is 23.8 Å². The number of benzene rings is 1. The minimum atomic E-state index is -4.63. The molecule has 3 aromatic rings. The van der Waals surface area contributed by atoms with E-state index in [1.807, 2.05) is 0 Å². The Bertz CT molecular complexity index is 1330. The fraction of sp³-hybridized carbons (Fsp3) is 0.440. The lowest BCUT2D eigenvalue weighted by Crippen LogP contribution is -2.42. The number of carbonyl (C=O) groups is 1. The third kappa shape index (κ3) is 7.87. The summed E-state index contributed by atoms with van der Waals surface area (Å²) in [6.45, 7) is 1.10. The molecule has 1 N–H and O–H groups in total. The van der Waals surface area contributed by atoms with Crippen LogP contribution in [0.5, 0.6) is 5.75 Å². The minimum Gasteiger partial charge on any atom is -0.490 e. The summed E-state index contributed by atoms with van der Waals surface area (Å²) in [5, 5.41) is 2.64. The fourth-order valence-corrected chi connectivity index (χ4v) is 5.25. The zero-order chi connectivity index (χ0) is 29.1. The van der Waals surface area contributed by atoms with Crippen molar-refractivity contribution in [3.05, 3.63) is 63.9 Å². The van der Waals surface area contributed by atoms with Gasteiger partial charge in [0.25, 0.3) is 5.91 Å². The van der Waals surface area contributed by atoms with Crippen LogP contribution in [0.15, 0.2) is 30.6 Å². The highest BCUT2D eigenvalue weighted by molar-refractivity contribution is 7.06. The Morgan fingerprint density at radius 3 is 2.62 bits per heavy atom. The van der Waals surface area contributed by atoms with Gasteiger partial charge < -0.3 is 10.1 Å². The third-order valence-electron chi connectivity index (χ3n) is 6.17. The molecular weight excluding hydrogens is 567 g/mol. The lowest BCUT2D eigenvalue weighted by Gasteiger charge is -2.33. The van der Waals surface area contributed by atoms with Crippen LogP contribution in [-0.2, 0) is 12.6 Å². The van der Waals surface area contributed by atoms with Crippen molar-refractivity contribution < 1.29 is 40.3 Å². The number of piperidine rings is 1. The van der Waals surface area contributed by atoms with Crippen molar-refractivity contribution in [3.63, 3.8) is 0 Å². The van der Waals surface area contributed by atoms with Gasteiger partial charge in [-0.1, -0.05) is 0 Å². The van der Waals surface area contributed by atoms with Crippen molar-refractivity contribution in [3.8, 4) is 5.75 Å². The predicted molar refractivity (Wildman–Crippen MR) is 132 cm³/mol. The number of hydrogen-bond acceptors (Lipinski definition) is 7. The van der Waals surface area contributed by atoms with Gasteiger partial charge in [-0.05, 0) is 50.0 Å². The first kappa shape index (κ1) is 29.6. The van der Waals surface area contributed by atoms with Gasteiger partial charge in [0.1, 0.15) is 0 Å². The van der Waals surface area contributed by atoms with Gasteiger partial charge in [-0.2, -0.15) is 30.7 Å². The van der Waals surface area contributed by atoms with E-state index in [4.69, 9.17) is 4.74 Å². The largest absolute Gasteiger partial charge is 0.490 e. The molecule has 1 saturated heterocycles. The summed E-state index contributed by atoms with van der Waals surface area (Å²) in [7, 11) is 0. The van der Waals surface area contributed by atoms with E-state index in [9.17, 15) is 35.5 Å². The van der Waals surface area contributed by atoms with Crippen LogP contribution < -0.4 is 10.1 Å². The quantitative estimate of drug-likeness (QED) is 0.329. The fourth-order valence-electron chi connectivity index (χ4n) is 4.36. The van der Waals surface area contributed by atoms with Crippen molar-refractivity contribution >= 4 is 23.1 Å². The molecule has 7 nitrogen and oxygen atoms in total. The van der Waals surface area contributed by atoms with E-state index in [2.05, 4.69) is 19.7 Å². The Balaban J connectivity index is 1.40. The van der Waals surface area contributed by atoms with Gasteiger partial charge in [0.15, 0.2) is 17.3 Å². The highest BCUT2D eigenvalue weighted by atomic mass is 32.1. The lowest BCUT2D eigenvalue weighted by molar-refractivity contribution is -0.149. The molecule has 0 unspecified atom stereocenters. The number of anilines is 1. The van der Waals surface area contributed by atoms with Crippen LogP contribution >= 0.6 is 11.5 Å². The minimum absolute atomic E-state index is 0.00848. The van der Waals surface area contributed by atoms with Crippen molar-refractivity contribution in [1.29, 1.82) is 0 Å². The second-order valence-electron chi connectivity index (χ2n) is 9.40. The maximum absolute atomic E-state index is 14.4. The van der Waals surface area contributed by atoms with Gasteiger partial charge in [0.2, 0.25) is 0 Å². The Morgan fingerprint density at radius 1 is 1.18 bits per heavy atom. The molecule has 3 heterocycles. The molecule has 0 bridgehead atoms. The zero-order valence-corrected chi connectivity index (χ0v) is 21.9. The highest BCUT2D eigenvalue weighted by Crippen LogP contribution is 2.29. The van der Waals surface area contributed by atoms with Crippen LogP contribution in [-0.4, -0.2) is 57.6 Å². The van der Waals surface area contributed by atoms with Gasteiger partial charge in [-0.3, -0.25) is 14.7 Å². The van der Waals surface area contributed by atoms with Crippen LogP contribution in [0.25, 0.3) is 0 Å². The number of aromatic nitrogens is 3. The van der Waals surface area contributed by atoms with Crippen molar-refractivity contribution in [1.82, 2.24) is 19.2 Å². The van der Waals surface area contributed by atoms with Gasteiger partial charge >= 0.3 is 12.4 Å². The highest BCUT2D eigenvalue weighted by Gasteiger charge is 2.34. The third-order valence-corrected chi connectivity index (χ3v) is 7.10. The lowest BCUT2D eigenvalue weighted by atomic mass is 9.99. The van der Waals surface area contributed by atoms with E-state index < -0.39 is 36.3 Å². The number of nitrogens with zero attached hydrogens (tertiary/aromatic N) is 4. The summed E-state index contributed by atoms with van der Waals surface area (Å²) in [4.78, 5) is 22.0. The second-order valence-corrected chi connectivity index (χ2v) is 10.3. The summed E-state index contributed by atoms with van der Waals surface area (Å²) in [5.74, 6) is -1.65. The number of carbonyl (C=O) groups excluding carboxylic acids is 1. The zero-order valence-electron chi connectivity index (χ0n) is 21.1. The molecule has 1 aliphatic rings. The monoisotopic (exact) mass is 591 g/mol. The summed E-state index contributed by atoms with van der Waals surface area (Å²) >= 11 is 0.993. The second kappa shape index (κ2) is 12.0. The number of likely N-dealkylation sites (tertiary alicyclic amines) is 1. The molecular formula is C25H24F7N5O2S. The summed E-state index contributed by atoms with van der Waals surface area (Å²) in [6.07, 6.45) is -6.10. The molecule has 1 atom stereocenters. The Hall–Kier alpha value is -3.33. The summed E-state index contributed by atoms with van der Waals surface area (Å²) in [6, 6.07) is 3.70. The molecule has 0 saturated carbocycles. The number of rotatable bonds is 8. The first-order valence-electron chi connectivity index (χ1n) is 12.1. The van der Waals surface area contributed by atoms with E-state index in [-0.39, 0.29) is 48.2 Å². The molecule has 4 rings (SSSR count). The first-order valence-corrected chi connectivity index (χ1v) is 12.9. The van der Waals surface area contributed by atoms with Gasteiger partial charge in [-0.15, -0.1) is 0 Å². The van der Waals surface area contributed by atoms with Crippen molar-refractivity contribution in [2.45, 2.75) is 38.5 Å². The first-order chi connectivity index (χ1) is 18.8. The normalized spacial score (nSPS) is 16.6. The van der Waals surface area contributed by atoms with Crippen LogP contribution in [0, 0.1) is 18.7 Å². The number of alkyl halides is 6. The number of aryl methyl sites for hydroxylation is 1. The maximum atomic E-state index is 14.4. The summed E-state index contributed by atoms with van der Waals surface area (Å²) in [5.41, 5.74) is -0.137. The Morgan fingerprint density at radius 2 is 1.95 bits per heavy atom. The van der Waals surface area contributed by atoms with E-state index >= 15 is 0 Å². The Kier molecular flexibility index (Phi) is 8.93. The van der Waals surface area contributed by atoms with Crippen molar-refractivity contribution in [2.75, 3.05) is 31.6 Å². The predicted octanol–water partition coefficient (Wildman–Crippen LogP) is 5.90.